The average molecular weight is 590 g/mol. The zero-order valence-corrected chi connectivity index (χ0v) is 23.8. The van der Waals surface area contributed by atoms with Crippen molar-refractivity contribution < 1.29 is 23.9 Å². The van der Waals surface area contributed by atoms with Gasteiger partial charge in [0.05, 0.1) is 35.7 Å². The fourth-order valence-electron chi connectivity index (χ4n) is 5.60. The van der Waals surface area contributed by atoms with E-state index in [9.17, 15) is 14.4 Å². The van der Waals surface area contributed by atoms with Crippen molar-refractivity contribution in [2.75, 3.05) is 64.4 Å². The van der Waals surface area contributed by atoms with E-state index in [1.54, 1.807) is 29.3 Å². The Kier molecular flexibility index (Phi) is 9.09. The third kappa shape index (κ3) is 6.26. The van der Waals surface area contributed by atoms with Crippen molar-refractivity contribution in [1.82, 2.24) is 30.4 Å². The molecule has 0 radical (unpaired) electrons. The Balaban J connectivity index is 0.00000368. The standard InChI is InChI=1S/C30H35N7O5.CH4/c1-19(2)35-10-12-36(13-11-35)24(38)18-42-21-8-6-20(7-9-21)27-26-28(33-32-27)22-4-3-5-23(25(22)29(26)39)31-30(40)34-37-14-16-41-17-15-37;/h3-9,19H,10-18H2,1-2H3,(H,32,33)(H2,31,34,40);1H4. The van der Waals surface area contributed by atoms with Crippen molar-refractivity contribution in [3.63, 3.8) is 0 Å². The molecule has 3 aromatic rings. The van der Waals surface area contributed by atoms with Crippen LogP contribution in [0.15, 0.2) is 42.5 Å². The minimum Gasteiger partial charge on any atom is -0.484 e. The fraction of sp³-hybridized carbons (Fsp3) is 0.419. The number of carbonyl (C=O) groups excluding carboxylic acids is 3. The Morgan fingerprint density at radius 1 is 1.00 bits per heavy atom. The Morgan fingerprint density at radius 3 is 2.42 bits per heavy atom. The van der Waals surface area contributed by atoms with E-state index in [1.807, 2.05) is 23.1 Å². The molecule has 2 aliphatic heterocycles. The van der Waals surface area contributed by atoms with Gasteiger partial charge in [-0.25, -0.2) is 9.80 Å². The van der Waals surface area contributed by atoms with Crippen molar-refractivity contribution in [3.8, 4) is 28.3 Å². The van der Waals surface area contributed by atoms with Gasteiger partial charge in [0, 0.05) is 56.4 Å². The van der Waals surface area contributed by atoms with Crippen molar-refractivity contribution in [1.29, 1.82) is 0 Å². The summed E-state index contributed by atoms with van der Waals surface area (Å²) >= 11 is 0. The van der Waals surface area contributed by atoms with E-state index in [0.29, 0.717) is 84.9 Å². The van der Waals surface area contributed by atoms with Gasteiger partial charge in [-0.1, -0.05) is 19.6 Å². The maximum atomic E-state index is 13.7. The van der Waals surface area contributed by atoms with Gasteiger partial charge in [0.25, 0.3) is 5.91 Å². The first-order valence-electron chi connectivity index (χ1n) is 14.3. The largest absolute Gasteiger partial charge is 0.484 e. The fourth-order valence-corrected chi connectivity index (χ4v) is 5.60. The van der Waals surface area contributed by atoms with Crippen molar-refractivity contribution >= 4 is 23.4 Å². The van der Waals surface area contributed by atoms with Gasteiger partial charge in [-0.15, -0.1) is 0 Å². The normalized spacial score (nSPS) is 16.8. The lowest BCUT2D eigenvalue weighted by Gasteiger charge is -2.36. The molecule has 2 fully saturated rings. The molecule has 3 aliphatic rings. The van der Waals surface area contributed by atoms with Crippen LogP contribution in [0, 0.1) is 0 Å². The monoisotopic (exact) mass is 589 g/mol. The first-order chi connectivity index (χ1) is 20.4. The summed E-state index contributed by atoms with van der Waals surface area (Å²) < 4.78 is 11.1. The smallest absolute Gasteiger partial charge is 0.333 e. The average Bonchev–Trinajstić information content (AvgIpc) is 3.56. The van der Waals surface area contributed by atoms with E-state index in [0.717, 1.165) is 18.7 Å². The summed E-state index contributed by atoms with van der Waals surface area (Å²) in [5.41, 5.74) is 6.66. The second-order valence-corrected chi connectivity index (χ2v) is 10.9. The highest BCUT2D eigenvalue weighted by Gasteiger charge is 2.35. The molecule has 2 aromatic carbocycles. The highest BCUT2D eigenvalue weighted by atomic mass is 16.5. The van der Waals surface area contributed by atoms with Crippen LogP contribution in [0.3, 0.4) is 0 Å². The van der Waals surface area contributed by atoms with Gasteiger partial charge in [0.2, 0.25) is 0 Å². The molecule has 0 saturated carbocycles. The second-order valence-electron chi connectivity index (χ2n) is 10.9. The third-order valence-electron chi connectivity index (χ3n) is 7.96. The first kappa shape index (κ1) is 30.2. The van der Waals surface area contributed by atoms with Gasteiger partial charge in [-0.3, -0.25) is 25.0 Å². The summed E-state index contributed by atoms with van der Waals surface area (Å²) in [6.07, 6.45) is 0. The van der Waals surface area contributed by atoms with Crippen LogP contribution >= 0.6 is 0 Å². The van der Waals surface area contributed by atoms with Crippen molar-refractivity contribution in [2.45, 2.75) is 27.3 Å². The number of aromatic amines is 1. The molecule has 12 nitrogen and oxygen atoms in total. The number of H-pyrrole nitrogens is 1. The molecule has 228 valence electrons. The zero-order valence-electron chi connectivity index (χ0n) is 23.8. The van der Waals surface area contributed by atoms with E-state index in [2.05, 4.69) is 39.7 Å². The topological polar surface area (TPSA) is 132 Å². The van der Waals surface area contributed by atoms with Gasteiger partial charge < -0.3 is 19.7 Å². The number of aromatic nitrogens is 2. The number of hydrogen-bond acceptors (Lipinski definition) is 8. The van der Waals surface area contributed by atoms with E-state index in [1.165, 1.54) is 0 Å². The number of hydrazine groups is 1. The predicted molar refractivity (Wildman–Crippen MR) is 163 cm³/mol. The van der Waals surface area contributed by atoms with Crippen LogP contribution in [0.25, 0.3) is 22.5 Å². The Bertz CT molecular complexity index is 1470. The lowest BCUT2D eigenvalue weighted by atomic mass is 10.0. The third-order valence-corrected chi connectivity index (χ3v) is 7.96. The van der Waals surface area contributed by atoms with Gasteiger partial charge in [0.15, 0.2) is 12.4 Å². The molecule has 3 amide bonds. The molecule has 1 aliphatic carbocycles. The number of amides is 3. The van der Waals surface area contributed by atoms with Crippen LogP contribution in [-0.2, 0) is 9.53 Å². The number of nitrogens with one attached hydrogen (secondary N) is 3. The molecule has 2 saturated heterocycles. The number of fused-ring (bicyclic) bond motifs is 3. The van der Waals surface area contributed by atoms with Crippen LogP contribution in [0.2, 0.25) is 0 Å². The lowest BCUT2D eigenvalue weighted by molar-refractivity contribution is -0.135. The van der Waals surface area contributed by atoms with E-state index >= 15 is 0 Å². The summed E-state index contributed by atoms with van der Waals surface area (Å²) in [5.74, 6) is 0.320. The number of urea groups is 1. The summed E-state index contributed by atoms with van der Waals surface area (Å²) in [6.45, 7) is 9.73. The highest BCUT2D eigenvalue weighted by Crippen LogP contribution is 2.43. The number of carbonyl (C=O) groups is 3. The summed E-state index contributed by atoms with van der Waals surface area (Å²) in [4.78, 5) is 43.2. The number of piperazine rings is 1. The van der Waals surface area contributed by atoms with Crippen LogP contribution in [-0.4, -0.2) is 108 Å². The molecular weight excluding hydrogens is 550 g/mol. The Morgan fingerprint density at radius 2 is 1.72 bits per heavy atom. The second kappa shape index (κ2) is 12.9. The number of benzene rings is 2. The van der Waals surface area contributed by atoms with Gasteiger partial charge in [-0.05, 0) is 44.2 Å². The molecule has 0 spiro atoms. The molecule has 6 rings (SSSR count). The van der Waals surface area contributed by atoms with Gasteiger partial charge >= 0.3 is 6.03 Å². The van der Waals surface area contributed by atoms with E-state index < -0.39 is 6.03 Å². The maximum absolute atomic E-state index is 13.7. The van der Waals surface area contributed by atoms with Crippen LogP contribution in [0.4, 0.5) is 10.5 Å². The molecular formula is C31H39N7O5. The molecule has 43 heavy (non-hydrogen) atoms. The Hall–Kier alpha value is -4.26. The van der Waals surface area contributed by atoms with E-state index in [-0.39, 0.29) is 25.7 Å². The van der Waals surface area contributed by atoms with Crippen LogP contribution in [0.1, 0.15) is 37.2 Å². The SMILES string of the molecule is C.CC(C)N1CCN(C(=O)COc2ccc(-c3n[nH]c4c3C(=O)c3c(NC(=O)NN5CCOCC5)cccc3-4)cc2)CC1. The maximum Gasteiger partial charge on any atom is 0.333 e. The number of hydrogen-bond donors (Lipinski definition) is 3. The number of ketones is 1. The number of ether oxygens (including phenoxy) is 2. The summed E-state index contributed by atoms with van der Waals surface area (Å²) in [6, 6.07) is 12.6. The molecule has 1 aromatic heterocycles. The van der Waals surface area contributed by atoms with Crippen LogP contribution in [0.5, 0.6) is 5.75 Å². The molecule has 0 unspecified atom stereocenters. The Labute approximate surface area is 251 Å². The number of rotatable bonds is 7. The van der Waals surface area contributed by atoms with Crippen LogP contribution < -0.4 is 15.5 Å². The number of anilines is 1. The number of nitrogens with zero attached hydrogens (tertiary/aromatic N) is 4. The molecule has 3 N–H and O–H groups in total. The quantitative estimate of drug-likeness (QED) is 0.300. The van der Waals surface area contributed by atoms with Crippen molar-refractivity contribution in [3.05, 3.63) is 53.6 Å². The first-order valence-corrected chi connectivity index (χ1v) is 14.3. The minimum absolute atomic E-state index is 0. The summed E-state index contributed by atoms with van der Waals surface area (Å²) in [5, 5.41) is 12.1. The molecule has 12 heteroatoms. The number of morpholine rings is 1. The molecule has 0 bridgehead atoms. The molecule has 0 atom stereocenters. The van der Waals surface area contributed by atoms with Crippen molar-refractivity contribution in [2.24, 2.45) is 0 Å². The lowest BCUT2D eigenvalue weighted by Crippen LogP contribution is -2.51. The molecule has 3 heterocycles. The van der Waals surface area contributed by atoms with Gasteiger partial charge in [0.1, 0.15) is 11.4 Å². The zero-order chi connectivity index (χ0) is 29.2. The van der Waals surface area contributed by atoms with Gasteiger partial charge in [-0.2, -0.15) is 5.10 Å². The predicted octanol–water partition coefficient (Wildman–Crippen LogP) is 3.22. The summed E-state index contributed by atoms with van der Waals surface area (Å²) in [7, 11) is 0. The van der Waals surface area contributed by atoms with E-state index in [4.69, 9.17) is 9.47 Å². The minimum atomic E-state index is -0.418. The highest BCUT2D eigenvalue weighted by molar-refractivity contribution is 6.26.